The van der Waals surface area contributed by atoms with E-state index >= 15 is 0 Å². The second kappa shape index (κ2) is 7.52. The van der Waals surface area contributed by atoms with Crippen LogP contribution in [-0.2, 0) is 10.0 Å². The van der Waals surface area contributed by atoms with Gasteiger partial charge in [0.1, 0.15) is 16.3 Å². The maximum atomic E-state index is 12.7. The van der Waals surface area contributed by atoms with Crippen LogP contribution in [0.15, 0.2) is 41.6 Å². The normalized spacial score (nSPS) is 18.8. The summed E-state index contributed by atoms with van der Waals surface area (Å²) in [6, 6.07) is 7.48. The highest BCUT2D eigenvalue weighted by Gasteiger charge is 2.29. The summed E-state index contributed by atoms with van der Waals surface area (Å²) in [5, 5.41) is 7.43. The summed E-state index contributed by atoms with van der Waals surface area (Å²) in [7, 11) is -1.96. The Bertz CT molecular complexity index is 794. The maximum Gasteiger partial charge on any atom is 0.246 e. The van der Waals surface area contributed by atoms with Gasteiger partial charge in [-0.3, -0.25) is 0 Å². The number of sulfonamides is 1. The predicted molar refractivity (Wildman–Crippen MR) is 93.6 cm³/mol. The summed E-state index contributed by atoms with van der Waals surface area (Å²) in [5.41, 5.74) is 0.699. The Hall–Kier alpha value is -1.61. The van der Waals surface area contributed by atoms with Crippen LogP contribution in [0.4, 0.5) is 0 Å². The van der Waals surface area contributed by atoms with Gasteiger partial charge in [-0.2, -0.15) is 9.40 Å². The minimum Gasteiger partial charge on any atom is -0.494 e. The van der Waals surface area contributed by atoms with Gasteiger partial charge in [0.05, 0.1) is 19.5 Å². The summed E-state index contributed by atoms with van der Waals surface area (Å²) in [4.78, 5) is 0.192. The molecule has 1 atom stereocenters. The lowest BCUT2D eigenvalue weighted by Crippen LogP contribution is -2.51. The van der Waals surface area contributed by atoms with Crippen LogP contribution in [0.2, 0.25) is 0 Å². The van der Waals surface area contributed by atoms with Crippen molar-refractivity contribution in [3.8, 4) is 11.4 Å². The minimum absolute atomic E-state index is 0. The molecule has 1 aromatic heterocycles. The Balaban J connectivity index is 0.00000208. The molecule has 0 bridgehead atoms. The fraction of sp³-hybridized carbons (Fsp3) is 0.400. The van der Waals surface area contributed by atoms with Crippen molar-refractivity contribution in [2.75, 3.05) is 26.7 Å². The van der Waals surface area contributed by atoms with E-state index in [0.29, 0.717) is 31.1 Å². The number of rotatable bonds is 4. The summed E-state index contributed by atoms with van der Waals surface area (Å²) >= 11 is 0. The Labute approximate surface area is 148 Å². The number of methoxy groups -OCH3 is 1. The van der Waals surface area contributed by atoms with Gasteiger partial charge in [-0.05, 0) is 19.1 Å². The van der Waals surface area contributed by atoms with Crippen LogP contribution in [0.3, 0.4) is 0 Å². The largest absolute Gasteiger partial charge is 0.494 e. The van der Waals surface area contributed by atoms with E-state index in [4.69, 9.17) is 4.74 Å². The van der Waals surface area contributed by atoms with Gasteiger partial charge < -0.3 is 10.1 Å². The Morgan fingerprint density at radius 2 is 2.08 bits per heavy atom. The maximum absolute atomic E-state index is 12.7. The van der Waals surface area contributed by atoms with Gasteiger partial charge in [0.2, 0.25) is 10.0 Å². The van der Waals surface area contributed by atoms with Gasteiger partial charge in [0, 0.05) is 25.7 Å². The van der Waals surface area contributed by atoms with Crippen molar-refractivity contribution in [2.45, 2.75) is 17.9 Å². The van der Waals surface area contributed by atoms with E-state index in [2.05, 4.69) is 10.4 Å². The Morgan fingerprint density at radius 3 is 2.79 bits per heavy atom. The number of nitrogens with one attached hydrogen (secondary N) is 1. The first-order chi connectivity index (χ1) is 11.0. The van der Waals surface area contributed by atoms with Crippen LogP contribution in [0, 0.1) is 0 Å². The average Bonchev–Trinajstić information content (AvgIpc) is 3.05. The summed E-state index contributed by atoms with van der Waals surface area (Å²) in [6.07, 6.45) is 2.91. The predicted octanol–water partition coefficient (Wildman–Crippen LogP) is 1.29. The lowest BCUT2D eigenvalue weighted by molar-refractivity contribution is 0.310. The van der Waals surface area contributed by atoms with Crippen LogP contribution in [-0.4, -0.2) is 55.3 Å². The zero-order valence-electron chi connectivity index (χ0n) is 13.5. The third-order valence-electron chi connectivity index (χ3n) is 3.86. The number of benzene rings is 1. The Morgan fingerprint density at radius 1 is 1.33 bits per heavy atom. The van der Waals surface area contributed by atoms with Crippen molar-refractivity contribution in [1.82, 2.24) is 19.4 Å². The molecule has 24 heavy (non-hydrogen) atoms. The molecular formula is C15H21ClN4O3S. The van der Waals surface area contributed by atoms with E-state index in [1.54, 1.807) is 7.11 Å². The number of hydrogen-bond acceptors (Lipinski definition) is 5. The molecule has 1 saturated heterocycles. The zero-order valence-corrected chi connectivity index (χ0v) is 15.2. The van der Waals surface area contributed by atoms with Gasteiger partial charge in [-0.25, -0.2) is 13.1 Å². The molecule has 132 valence electrons. The molecule has 0 amide bonds. The van der Waals surface area contributed by atoms with Crippen LogP contribution in [0.25, 0.3) is 5.69 Å². The molecule has 1 fully saturated rings. The number of nitrogens with zero attached hydrogens (tertiary/aromatic N) is 3. The van der Waals surface area contributed by atoms with Crippen molar-refractivity contribution in [3.05, 3.63) is 36.7 Å². The van der Waals surface area contributed by atoms with Gasteiger partial charge in [-0.15, -0.1) is 12.4 Å². The molecule has 1 aromatic carbocycles. The topological polar surface area (TPSA) is 76.5 Å². The fourth-order valence-corrected chi connectivity index (χ4v) is 4.12. The summed E-state index contributed by atoms with van der Waals surface area (Å²) in [6.45, 7) is 3.55. The number of ether oxygens (including phenoxy) is 1. The standard InChI is InChI=1S/C15H20N4O3S.ClH/c1-12-10-18(8-7-16-12)23(20,21)13-9-17-19(11-13)14-5-3-4-6-15(14)22-2;/h3-6,9,11-12,16H,7-8,10H2,1-2H3;1H. The van der Waals surface area contributed by atoms with Crippen LogP contribution in [0.5, 0.6) is 5.75 Å². The number of hydrogen-bond donors (Lipinski definition) is 1. The lowest BCUT2D eigenvalue weighted by Gasteiger charge is -2.30. The van der Waals surface area contributed by atoms with E-state index in [-0.39, 0.29) is 23.3 Å². The molecule has 7 nitrogen and oxygen atoms in total. The monoisotopic (exact) mass is 372 g/mol. The molecule has 2 aromatic rings. The Kier molecular flexibility index (Phi) is 5.87. The van der Waals surface area contributed by atoms with E-state index in [9.17, 15) is 8.42 Å². The molecular weight excluding hydrogens is 352 g/mol. The SMILES string of the molecule is COc1ccccc1-n1cc(S(=O)(=O)N2CCNC(C)C2)cn1.Cl. The van der Waals surface area contributed by atoms with Gasteiger partial charge in [0.25, 0.3) is 0 Å². The highest BCUT2D eigenvalue weighted by molar-refractivity contribution is 7.89. The van der Waals surface area contributed by atoms with E-state index in [1.807, 2.05) is 31.2 Å². The van der Waals surface area contributed by atoms with Crippen LogP contribution >= 0.6 is 12.4 Å². The first-order valence-corrected chi connectivity index (χ1v) is 8.88. The number of piperazine rings is 1. The fourth-order valence-electron chi connectivity index (χ4n) is 2.65. The molecule has 2 heterocycles. The first kappa shape index (κ1) is 18.7. The zero-order chi connectivity index (χ0) is 16.4. The summed E-state index contributed by atoms with van der Waals surface area (Å²) in [5.74, 6) is 0.635. The molecule has 1 unspecified atom stereocenters. The highest BCUT2D eigenvalue weighted by atomic mass is 35.5. The van der Waals surface area contributed by atoms with Crippen molar-refractivity contribution < 1.29 is 13.2 Å². The van der Waals surface area contributed by atoms with E-state index < -0.39 is 10.0 Å². The van der Waals surface area contributed by atoms with Gasteiger partial charge in [-0.1, -0.05) is 12.1 Å². The summed E-state index contributed by atoms with van der Waals surface area (Å²) < 4.78 is 33.8. The molecule has 9 heteroatoms. The molecule has 1 aliphatic heterocycles. The van der Waals surface area contributed by atoms with Crippen molar-refractivity contribution >= 4 is 22.4 Å². The molecule has 3 rings (SSSR count). The smallest absolute Gasteiger partial charge is 0.246 e. The minimum atomic E-state index is -3.53. The number of aromatic nitrogens is 2. The molecule has 1 N–H and O–H groups in total. The third-order valence-corrected chi connectivity index (χ3v) is 5.68. The second-order valence-electron chi connectivity index (χ2n) is 5.51. The molecule has 0 saturated carbocycles. The van der Waals surface area contributed by atoms with Crippen molar-refractivity contribution in [1.29, 1.82) is 0 Å². The van der Waals surface area contributed by atoms with Crippen molar-refractivity contribution in [2.24, 2.45) is 0 Å². The lowest BCUT2D eigenvalue weighted by atomic mass is 10.3. The number of halogens is 1. The van der Waals surface area contributed by atoms with E-state index in [0.717, 1.165) is 0 Å². The van der Waals surface area contributed by atoms with Gasteiger partial charge in [0.15, 0.2) is 0 Å². The van der Waals surface area contributed by atoms with Crippen LogP contribution < -0.4 is 10.1 Å². The molecule has 1 aliphatic rings. The first-order valence-electron chi connectivity index (χ1n) is 7.44. The second-order valence-corrected chi connectivity index (χ2v) is 7.45. The third kappa shape index (κ3) is 3.56. The van der Waals surface area contributed by atoms with Gasteiger partial charge >= 0.3 is 0 Å². The van der Waals surface area contributed by atoms with Crippen molar-refractivity contribution in [3.63, 3.8) is 0 Å². The van der Waals surface area contributed by atoms with Crippen LogP contribution in [0.1, 0.15) is 6.92 Å². The quantitative estimate of drug-likeness (QED) is 0.875. The average molecular weight is 373 g/mol. The molecule has 0 spiro atoms. The highest BCUT2D eigenvalue weighted by Crippen LogP contribution is 2.24. The van der Waals surface area contributed by atoms with E-state index in [1.165, 1.54) is 21.4 Å². The number of para-hydroxylation sites is 2. The molecule has 0 radical (unpaired) electrons. The molecule has 0 aliphatic carbocycles.